The van der Waals surface area contributed by atoms with Crippen LogP contribution in [0.1, 0.15) is 22.8 Å². The summed E-state index contributed by atoms with van der Waals surface area (Å²) in [5, 5.41) is 2.58. The van der Waals surface area contributed by atoms with Gasteiger partial charge in [-0.1, -0.05) is 119 Å². The van der Waals surface area contributed by atoms with Crippen LogP contribution in [0.4, 0.5) is 0 Å². The minimum Gasteiger partial charge on any atom is -0.657 e. The van der Waals surface area contributed by atoms with E-state index in [0.29, 0.717) is 20.1 Å². The topological polar surface area (TPSA) is 54.0 Å². The molecule has 4 nitrogen and oxygen atoms in total. The molecule has 53 heavy (non-hydrogen) atoms. The Bertz CT molecular complexity index is 2370. The van der Waals surface area contributed by atoms with Crippen LogP contribution in [0.2, 0.25) is 20.1 Å². The first-order chi connectivity index (χ1) is 25.4. The predicted octanol–water partition coefficient (Wildman–Crippen LogP) is 13.2. The van der Waals surface area contributed by atoms with Gasteiger partial charge in [0.2, 0.25) is 0 Å². The standard InChI is InChI=1S/C44H24Cl4N4.Zn/c45-29-9-1-25(2-10-29)41-33-17-19-35(49-33)42(26-3-11-30(46)12-4-26)37-21-23-39(51-37)44(28-7-15-32(48)16-8-28)40-24-22-38(52-40)43(36-20-18-34(41)50-36)27-5-13-31(47)14-6-27;/h1-24H;/q-2;+2. The molecule has 0 aliphatic carbocycles. The van der Waals surface area contributed by atoms with Crippen molar-refractivity contribution in [2.24, 2.45) is 0 Å². The smallest absolute Gasteiger partial charge is 0.657 e. The fourth-order valence-corrected chi connectivity index (χ4v) is 7.24. The van der Waals surface area contributed by atoms with Gasteiger partial charge in [0.05, 0.1) is 22.8 Å². The summed E-state index contributed by atoms with van der Waals surface area (Å²) < 4.78 is 0. The molecule has 8 bridgehead atoms. The molecule has 7 aromatic rings. The van der Waals surface area contributed by atoms with Gasteiger partial charge in [0, 0.05) is 20.1 Å². The number of hydrogen-bond donors (Lipinski definition) is 0. The summed E-state index contributed by atoms with van der Waals surface area (Å²) in [6, 6.07) is 39.2. The molecular formula is C44H24Cl4N4Zn. The van der Waals surface area contributed by atoms with Crippen LogP contribution in [0.15, 0.2) is 121 Å². The van der Waals surface area contributed by atoms with Gasteiger partial charge in [0.15, 0.2) is 0 Å². The van der Waals surface area contributed by atoms with E-state index >= 15 is 0 Å². The van der Waals surface area contributed by atoms with Gasteiger partial charge in [0.1, 0.15) is 0 Å². The van der Waals surface area contributed by atoms with Crippen molar-refractivity contribution < 1.29 is 19.5 Å². The third kappa shape index (κ3) is 6.81. The Morgan fingerprint density at radius 2 is 0.509 bits per heavy atom. The molecule has 250 valence electrons. The number of aromatic nitrogens is 4. The normalized spacial score (nSPS) is 11.8. The first-order valence-corrected chi connectivity index (χ1v) is 18.0. The molecule has 0 saturated heterocycles. The summed E-state index contributed by atoms with van der Waals surface area (Å²) in [4.78, 5) is 21.1. The average molecular weight is 816 g/mol. The van der Waals surface area contributed by atoms with Crippen LogP contribution in [0.3, 0.4) is 0 Å². The molecule has 9 heteroatoms. The first-order valence-electron chi connectivity index (χ1n) is 16.5. The van der Waals surface area contributed by atoms with E-state index in [0.717, 1.165) is 89.4 Å². The SMILES string of the molecule is Clc1ccc(-c2c3nc(c(-c4ccc(Cl)cc4)c4ccc([n-]4)c(-c4ccc(Cl)cc4)c4nc(c(-c5ccc(Cl)cc5)c5ccc2[n-]5)C=C4)C=C3)cc1.[Zn+2]. The number of rotatable bonds is 4. The number of nitrogens with zero attached hydrogens (tertiary/aromatic N) is 4. The number of benzene rings is 4. The predicted molar refractivity (Wildman–Crippen MR) is 219 cm³/mol. The average Bonchev–Trinajstić information content (AvgIpc) is 3.99. The quantitative estimate of drug-likeness (QED) is 0.166. The molecule has 5 heterocycles. The molecular weight excluding hydrogens is 792 g/mol. The molecule has 0 radical (unpaired) electrons. The van der Waals surface area contributed by atoms with Crippen molar-refractivity contribution in [3.63, 3.8) is 0 Å². The zero-order valence-electron chi connectivity index (χ0n) is 27.9. The molecule has 2 aliphatic rings. The minimum atomic E-state index is 0. The van der Waals surface area contributed by atoms with Crippen molar-refractivity contribution in [3.05, 3.63) is 164 Å². The zero-order valence-corrected chi connectivity index (χ0v) is 33.9. The van der Waals surface area contributed by atoms with Crippen molar-refractivity contribution >= 4 is 92.8 Å². The number of fused-ring (bicyclic) bond motifs is 8. The molecule has 4 aromatic carbocycles. The largest absolute Gasteiger partial charge is 2.00 e. The molecule has 0 unspecified atom stereocenters. The Labute approximate surface area is 338 Å². The van der Waals surface area contributed by atoms with Gasteiger partial charge in [-0.2, -0.15) is 0 Å². The van der Waals surface area contributed by atoms with Crippen molar-refractivity contribution in [1.82, 2.24) is 19.9 Å². The van der Waals surface area contributed by atoms with Crippen molar-refractivity contribution in [2.75, 3.05) is 0 Å². The van der Waals surface area contributed by atoms with Gasteiger partial charge in [0.25, 0.3) is 0 Å². The number of halogens is 4. The van der Waals surface area contributed by atoms with E-state index in [2.05, 4.69) is 0 Å². The van der Waals surface area contributed by atoms with E-state index in [-0.39, 0.29) is 19.5 Å². The molecule has 0 fully saturated rings. The second kappa shape index (κ2) is 14.6. The molecule has 0 atom stereocenters. The Kier molecular flexibility index (Phi) is 9.72. The Morgan fingerprint density at radius 1 is 0.302 bits per heavy atom. The van der Waals surface area contributed by atoms with Crippen molar-refractivity contribution in [3.8, 4) is 44.5 Å². The van der Waals surface area contributed by atoms with E-state index in [1.165, 1.54) is 0 Å². The van der Waals surface area contributed by atoms with Gasteiger partial charge in [-0.15, -0.1) is 22.1 Å². The molecule has 0 saturated carbocycles. The summed E-state index contributed by atoms with van der Waals surface area (Å²) in [5.41, 5.74) is 13.4. The Hall–Kier alpha value is -4.74. The summed E-state index contributed by atoms with van der Waals surface area (Å²) in [6.45, 7) is 0. The zero-order chi connectivity index (χ0) is 35.3. The second-order valence-corrected chi connectivity index (χ2v) is 14.1. The molecule has 0 spiro atoms. The summed E-state index contributed by atoms with van der Waals surface area (Å²) in [6.07, 6.45) is 8.13. The van der Waals surface area contributed by atoms with E-state index in [1.54, 1.807) is 0 Å². The van der Waals surface area contributed by atoms with E-state index in [9.17, 15) is 0 Å². The molecule has 0 amide bonds. The van der Waals surface area contributed by atoms with Crippen LogP contribution in [0.25, 0.3) is 90.9 Å². The van der Waals surface area contributed by atoms with Gasteiger partial charge in [-0.05, 0) is 117 Å². The Morgan fingerprint density at radius 3 is 0.717 bits per heavy atom. The first kappa shape index (κ1) is 35.3. The van der Waals surface area contributed by atoms with Gasteiger partial charge in [-0.25, -0.2) is 9.97 Å². The van der Waals surface area contributed by atoms with Gasteiger partial charge >= 0.3 is 19.5 Å². The minimum absolute atomic E-state index is 0. The van der Waals surface area contributed by atoms with Crippen LogP contribution in [0, 0.1) is 0 Å². The van der Waals surface area contributed by atoms with Gasteiger partial charge in [-0.3, -0.25) is 0 Å². The maximum atomic E-state index is 6.36. The number of hydrogen-bond acceptors (Lipinski definition) is 2. The van der Waals surface area contributed by atoms with Crippen LogP contribution < -0.4 is 9.97 Å². The van der Waals surface area contributed by atoms with Crippen molar-refractivity contribution in [1.29, 1.82) is 0 Å². The van der Waals surface area contributed by atoms with Gasteiger partial charge < -0.3 is 9.97 Å². The fraction of sp³-hybridized carbons (Fsp3) is 0. The third-order valence-corrected chi connectivity index (χ3v) is 10.1. The summed E-state index contributed by atoms with van der Waals surface area (Å²) in [7, 11) is 0. The molecule has 9 rings (SSSR count). The Balaban J connectivity index is 0.00000400. The molecule has 0 N–H and O–H groups in total. The summed E-state index contributed by atoms with van der Waals surface area (Å²) in [5.74, 6) is 0. The molecule has 2 aliphatic heterocycles. The van der Waals surface area contributed by atoms with Crippen LogP contribution in [0.5, 0.6) is 0 Å². The summed E-state index contributed by atoms with van der Waals surface area (Å²) >= 11 is 25.4. The van der Waals surface area contributed by atoms with Crippen LogP contribution in [-0.4, -0.2) is 9.97 Å². The maximum Gasteiger partial charge on any atom is 2.00 e. The van der Waals surface area contributed by atoms with E-state index in [4.69, 9.17) is 66.3 Å². The van der Waals surface area contributed by atoms with E-state index < -0.39 is 0 Å². The third-order valence-electron chi connectivity index (χ3n) is 9.14. The van der Waals surface area contributed by atoms with Crippen LogP contribution in [-0.2, 0) is 19.5 Å². The van der Waals surface area contributed by atoms with E-state index in [1.807, 2.05) is 146 Å². The van der Waals surface area contributed by atoms with Crippen molar-refractivity contribution in [2.45, 2.75) is 0 Å². The maximum absolute atomic E-state index is 6.36. The second-order valence-electron chi connectivity index (χ2n) is 12.4. The van der Waals surface area contributed by atoms with Crippen LogP contribution >= 0.6 is 46.4 Å². The molecule has 3 aromatic heterocycles. The monoisotopic (exact) mass is 812 g/mol. The fourth-order valence-electron chi connectivity index (χ4n) is 6.74.